The lowest BCUT2D eigenvalue weighted by Crippen LogP contribution is -2.41. The van der Waals surface area contributed by atoms with Crippen molar-refractivity contribution in [2.24, 2.45) is 5.92 Å². The number of anilines is 1. The number of piperidine rings is 1. The fraction of sp³-hybridized carbons (Fsp3) is 0.381. The molecule has 1 N–H and O–H groups in total. The molecule has 12 heteroatoms. The maximum absolute atomic E-state index is 13.0. The second kappa shape index (κ2) is 9.87. The molecule has 0 saturated carbocycles. The van der Waals surface area contributed by atoms with Gasteiger partial charge in [-0.25, -0.2) is 8.42 Å². The fourth-order valence-electron chi connectivity index (χ4n) is 3.47. The number of amides is 1. The third-order valence-corrected chi connectivity index (χ3v) is 7.07. The molecule has 0 bridgehead atoms. The molecule has 0 atom stereocenters. The first-order chi connectivity index (χ1) is 15.5. The molecule has 3 rings (SSSR count). The Hall–Kier alpha value is -2.99. The van der Waals surface area contributed by atoms with Crippen LogP contribution in [-0.4, -0.2) is 52.3 Å². The van der Waals surface area contributed by atoms with Gasteiger partial charge in [-0.1, -0.05) is 0 Å². The molecule has 1 aliphatic rings. The predicted octanol–water partition coefficient (Wildman–Crippen LogP) is 3.64. The van der Waals surface area contributed by atoms with Gasteiger partial charge in [0.15, 0.2) is 11.5 Å². The highest BCUT2D eigenvalue weighted by Crippen LogP contribution is 2.32. The average Bonchev–Trinajstić information content (AvgIpc) is 2.79. The number of carbonyl (C=O) groups is 1. The molecule has 1 saturated heterocycles. The summed E-state index contributed by atoms with van der Waals surface area (Å²) >= 11 is 0. The van der Waals surface area contributed by atoms with Crippen LogP contribution in [0.4, 0.5) is 18.9 Å². The lowest BCUT2D eigenvalue weighted by Gasteiger charge is -2.30. The highest BCUT2D eigenvalue weighted by molar-refractivity contribution is 7.89. The van der Waals surface area contributed by atoms with Crippen molar-refractivity contribution in [1.29, 1.82) is 0 Å². The Balaban J connectivity index is 1.59. The SMILES string of the molecule is COc1ccc(S(=O)(=O)N2CCC(C(=O)Nc3ccc(OC(F)(F)F)cc3)CC2)cc1OC. The van der Waals surface area contributed by atoms with Crippen LogP contribution < -0.4 is 19.5 Å². The molecule has 0 unspecified atom stereocenters. The van der Waals surface area contributed by atoms with Gasteiger partial charge in [-0.2, -0.15) is 4.31 Å². The fourth-order valence-corrected chi connectivity index (χ4v) is 4.95. The van der Waals surface area contributed by atoms with Crippen LogP contribution in [0.25, 0.3) is 0 Å². The van der Waals surface area contributed by atoms with E-state index < -0.39 is 28.1 Å². The molecule has 33 heavy (non-hydrogen) atoms. The van der Waals surface area contributed by atoms with Crippen molar-refractivity contribution in [2.75, 3.05) is 32.6 Å². The Morgan fingerprint density at radius 1 is 1.00 bits per heavy atom. The van der Waals surface area contributed by atoms with E-state index in [0.29, 0.717) is 30.0 Å². The monoisotopic (exact) mass is 488 g/mol. The Kier molecular flexibility index (Phi) is 7.38. The van der Waals surface area contributed by atoms with Crippen LogP contribution in [0.2, 0.25) is 0 Å². The summed E-state index contributed by atoms with van der Waals surface area (Å²) in [4.78, 5) is 12.6. The minimum Gasteiger partial charge on any atom is -0.493 e. The minimum absolute atomic E-state index is 0.0595. The van der Waals surface area contributed by atoms with Gasteiger partial charge in [-0.3, -0.25) is 4.79 Å². The summed E-state index contributed by atoms with van der Waals surface area (Å²) in [5.41, 5.74) is 0.315. The van der Waals surface area contributed by atoms with Crippen molar-refractivity contribution >= 4 is 21.6 Å². The van der Waals surface area contributed by atoms with E-state index in [1.165, 1.54) is 48.9 Å². The van der Waals surface area contributed by atoms with Crippen LogP contribution in [0.15, 0.2) is 47.4 Å². The summed E-state index contributed by atoms with van der Waals surface area (Å²) in [6.45, 7) is 0.292. The molecular formula is C21H23F3N2O6S. The molecule has 180 valence electrons. The summed E-state index contributed by atoms with van der Waals surface area (Å²) in [6.07, 6.45) is -4.20. The van der Waals surface area contributed by atoms with Gasteiger partial charge in [0.2, 0.25) is 15.9 Å². The highest BCUT2D eigenvalue weighted by atomic mass is 32.2. The number of halogens is 3. The second-order valence-electron chi connectivity index (χ2n) is 7.26. The Labute approximate surface area is 189 Å². The number of nitrogens with one attached hydrogen (secondary N) is 1. The average molecular weight is 488 g/mol. The Morgan fingerprint density at radius 2 is 1.61 bits per heavy atom. The number of methoxy groups -OCH3 is 2. The van der Waals surface area contributed by atoms with Crippen molar-refractivity contribution in [1.82, 2.24) is 4.31 Å². The number of carbonyl (C=O) groups excluding carboxylic acids is 1. The molecule has 1 fully saturated rings. The topological polar surface area (TPSA) is 94.2 Å². The number of hydrogen-bond donors (Lipinski definition) is 1. The van der Waals surface area contributed by atoms with Gasteiger partial charge in [-0.15, -0.1) is 13.2 Å². The largest absolute Gasteiger partial charge is 0.573 e. The van der Waals surface area contributed by atoms with Gasteiger partial charge in [0.05, 0.1) is 19.1 Å². The molecule has 1 amide bonds. The van der Waals surface area contributed by atoms with Crippen molar-refractivity contribution in [3.8, 4) is 17.2 Å². The molecule has 2 aromatic rings. The van der Waals surface area contributed by atoms with E-state index in [4.69, 9.17) is 9.47 Å². The van der Waals surface area contributed by atoms with Gasteiger partial charge in [0.1, 0.15) is 5.75 Å². The molecule has 2 aromatic carbocycles. The van der Waals surface area contributed by atoms with Crippen LogP contribution in [0.1, 0.15) is 12.8 Å². The number of hydrogen-bond acceptors (Lipinski definition) is 6. The summed E-state index contributed by atoms with van der Waals surface area (Å²) in [7, 11) is -0.924. The molecular weight excluding hydrogens is 465 g/mol. The van der Waals surface area contributed by atoms with Gasteiger partial charge in [0.25, 0.3) is 0 Å². The number of nitrogens with zero attached hydrogens (tertiary/aromatic N) is 1. The zero-order chi connectivity index (χ0) is 24.2. The summed E-state index contributed by atoms with van der Waals surface area (Å²) in [5, 5.41) is 2.64. The third-order valence-electron chi connectivity index (χ3n) is 5.17. The number of rotatable bonds is 7. The van der Waals surface area contributed by atoms with Crippen LogP contribution >= 0.6 is 0 Å². The first kappa shape index (κ1) is 24.6. The molecule has 0 radical (unpaired) electrons. The van der Waals surface area contributed by atoms with Crippen LogP contribution in [0.5, 0.6) is 17.2 Å². The maximum atomic E-state index is 13.0. The smallest absolute Gasteiger partial charge is 0.493 e. The van der Waals surface area contributed by atoms with Crippen molar-refractivity contribution in [3.05, 3.63) is 42.5 Å². The van der Waals surface area contributed by atoms with Crippen LogP contribution in [0.3, 0.4) is 0 Å². The lowest BCUT2D eigenvalue weighted by atomic mass is 9.97. The lowest BCUT2D eigenvalue weighted by molar-refractivity contribution is -0.274. The molecule has 0 spiro atoms. The van der Waals surface area contributed by atoms with Crippen molar-refractivity contribution in [3.63, 3.8) is 0 Å². The van der Waals surface area contributed by atoms with Gasteiger partial charge in [-0.05, 0) is 49.2 Å². The van der Waals surface area contributed by atoms with Gasteiger partial charge < -0.3 is 19.5 Å². The molecule has 1 aliphatic heterocycles. The van der Waals surface area contributed by atoms with Crippen molar-refractivity contribution < 1.29 is 40.6 Å². The normalized spacial score (nSPS) is 15.7. The van der Waals surface area contributed by atoms with Crippen molar-refractivity contribution in [2.45, 2.75) is 24.1 Å². The molecule has 0 aliphatic carbocycles. The number of alkyl halides is 3. The molecule has 0 aromatic heterocycles. The molecule has 8 nitrogen and oxygen atoms in total. The predicted molar refractivity (Wildman–Crippen MR) is 113 cm³/mol. The summed E-state index contributed by atoms with van der Waals surface area (Å²) < 4.78 is 78.1. The number of sulfonamides is 1. The molecule has 1 heterocycles. The van der Waals surface area contributed by atoms with E-state index in [1.807, 2.05) is 0 Å². The van der Waals surface area contributed by atoms with E-state index >= 15 is 0 Å². The van der Waals surface area contributed by atoms with E-state index in [-0.39, 0.29) is 23.9 Å². The van der Waals surface area contributed by atoms with E-state index in [0.717, 1.165) is 12.1 Å². The van der Waals surface area contributed by atoms with E-state index in [2.05, 4.69) is 10.1 Å². The zero-order valence-electron chi connectivity index (χ0n) is 17.9. The highest BCUT2D eigenvalue weighted by Gasteiger charge is 2.33. The van der Waals surface area contributed by atoms with Gasteiger partial charge >= 0.3 is 6.36 Å². The number of ether oxygens (including phenoxy) is 3. The first-order valence-corrected chi connectivity index (χ1v) is 11.4. The minimum atomic E-state index is -4.80. The maximum Gasteiger partial charge on any atom is 0.573 e. The Morgan fingerprint density at radius 3 is 2.15 bits per heavy atom. The summed E-state index contributed by atoms with van der Waals surface area (Å²) in [6, 6.07) is 9.13. The zero-order valence-corrected chi connectivity index (χ0v) is 18.7. The number of benzene rings is 2. The van der Waals surface area contributed by atoms with Gasteiger partial charge in [0, 0.05) is 30.8 Å². The Bertz CT molecular complexity index is 1080. The second-order valence-corrected chi connectivity index (χ2v) is 9.19. The standard InChI is InChI=1S/C21H23F3N2O6S/c1-30-18-8-7-17(13-19(18)31-2)33(28,29)26-11-9-14(10-12-26)20(27)25-15-3-5-16(6-4-15)32-21(22,23)24/h3-8,13-14H,9-12H2,1-2H3,(H,25,27). The summed E-state index contributed by atoms with van der Waals surface area (Å²) in [5.74, 6) is -0.464. The van der Waals surface area contributed by atoms with E-state index in [9.17, 15) is 26.4 Å². The quantitative estimate of drug-likeness (QED) is 0.640. The van der Waals surface area contributed by atoms with E-state index in [1.54, 1.807) is 0 Å². The first-order valence-electron chi connectivity index (χ1n) is 9.92. The van der Waals surface area contributed by atoms with Crippen LogP contribution in [-0.2, 0) is 14.8 Å². The van der Waals surface area contributed by atoms with Crippen LogP contribution in [0, 0.1) is 5.92 Å². The third kappa shape index (κ3) is 6.08.